The molecule has 6 heteroatoms. The zero-order chi connectivity index (χ0) is 11.5. The number of benzene rings is 1. The molecule has 0 spiro atoms. The van der Waals surface area contributed by atoms with Gasteiger partial charge in [-0.2, -0.15) is 15.4 Å². The van der Waals surface area contributed by atoms with Crippen LogP contribution in [0.15, 0.2) is 24.4 Å². The Morgan fingerprint density at radius 1 is 1.38 bits per heavy atom. The van der Waals surface area contributed by atoms with Gasteiger partial charge in [0.25, 0.3) is 0 Å². The van der Waals surface area contributed by atoms with Crippen LogP contribution in [0.1, 0.15) is 17.3 Å². The quantitative estimate of drug-likeness (QED) is 0.886. The van der Waals surface area contributed by atoms with Gasteiger partial charge in [-0.15, -0.1) is 0 Å². The maximum Gasteiger partial charge on any atom is 0.0995 e. The number of hydrogen-bond acceptors (Lipinski definition) is 3. The largest absolute Gasteiger partial charge is 0.322 e. The smallest absolute Gasteiger partial charge is 0.0995 e. The lowest BCUT2D eigenvalue weighted by Gasteiger charge is -2.10. The lowest BCUT2D eigenvalue weighted by molar-refractivity contribution is 0.691. The number of halogens is 2. The highest BCUT2D eigenvalue weighted by molar-refractivity contribution is 6.33. The van der Waals surface area contributed by atoms with Crippen molar-refractivity contribution in [3.05, 3.63) is 45.7 Å². The molecule has 4 nitrogen and oxygen atoms in total. The molecule has 0 aliphatic rings. The van der Waals surface area contributed by atoms with Gasteiger partial charge in [0.2, 0.25) is 0 Å². The lowest BCUT2D eigenvalue weighted by atomic mass is 10.0. The van der Waals surface area contributed by atoms with Crippen molar-refractivity contribution in [1.29, 1.82) is 0 Å². The van der Waals surface area contributed by atoms with Gasteiger partial charge in [-0.05, 0) is 30.2 Å². The molecule has 1 unspecified atom stereocenters. The Labute approximate surface area is 103 Å². The van der Waals surface area contributed by atoms with E-state index in [9.17, 15) is 0 Å². The average molecular weight is 257 g/mol. The third-order valence-corrected chi connectivity index (χ3v) is 2.86. The Balaban J connectivity index is 2.17. The van der Waals surface area contributed by atoms with Crippen molar-refractivity contribution in [2.24, 2.45) is 5.73 Å². The molecular weight excluding hydrogens is 247 g/mol. The van der Waals surface area contributed by atoms with Gasteiger partial charge in [0, 0.05) is 10.0 Å². The number of aromatic nitrogens is 3. The number of rotatable bonds is 3. The molecule has 0 fully saturated rings. The van der Waals surface area contributed by atoms with Crippen LogP contribution >= 0.6 is 23.2 Å². The highest BCUT2D eigenvalue weighted by Crippen LogP contribution is 2.24. The summed E-state index contributed by atoms with van der Waals surface area (Å²) in [6.07, 6.45) is 2.18. The van der Waals surface area contributed by atoms with Gasteiger partial charge >= 0.3 is 0 Å². The van der Waals surface area contributed by atoms with Crippen LogP contribution in [-0.4, -0.2) is 15.4 Å². The monoisotopic (exact) mass is 256 g/mol. The van der Waals surface area contributed by atoms with Gasteiger partial charge in [-0.25, -0.2) is 0 Å². The van der Waals surface area contributed by atoms with Crippen molar-refractivity contribution in [3.63, 3.8) is 0 Å². The van der Waals surface area contributed by atoms with Crippen molar-refractivity contribution in [1.82, 2.24) is 15.4 Å². The Bertz CT molecular complexity index is 470. The van der Waals surface area contributed by atoms with E-state index in [4.69, 9.17) is 28.9 Å². The summed E-state index contributed by atoms with van der Waals surface area (Å²) in [5, 5.41) is 11.5. The second kappa shape index (κ2) is 4.82. The number of hydrogen-bond donors (Lipinski definition) is 2. The zero-order valence-corrected chi connectivity index (χ0v) is 9.83. The maximum atomic E-state index is 6.04. The Morgan fingerprint density at radius 3 is 2.88 bits per heavy atom. The maximum absolute atomic E-state index is 6.04. The molecular formula is C10H10Cl2N4. The molecule has 0 aliphatic carbocycles. The standard InChI is InChI=1S/C10H10Cl2N4/c11-7-1-2-8(12)6(3-7)4-9(13)10-5-14-16-15-10/h1-3,5,9H,4,13H2,(H,14,15,16). The van der Waals surface area contributed by atoms with E-state index in [1.165, 1.54) is 0 Å². The van der Waals surface area contributed by atoms with Crippen LogP contribution in [-0.2, 0) is 6.42 Å². The predicted molar refractivity (Wildman–Crippen MR) is 63.5 cm³/mol. The Morgan fingerprint density at radius 2 is 2.19 bits per heavy atom. The molecule has 1 aromatic carbocycles. The first-order valence-corrected chi connectivity index (χ1v) is 5.47. The lowest BCUT2D eigenvalue weighted by Crippen LogP contribution is -2.14. The predicted octanol–water partition coefficient (Wildman–Crippen LogP) is 2.35. The van der Waals surface area contributed by atoms with Gasteiger partial charge in [-0.3, -0.25) is 0 Å². The molecule has 84 valence electrons. The van der Waals surface area contributed by atoms with E-state index in [1.54, 1.807) is 18.3 Å². The summed E-state index contributed by atoms with van der Waals surface area (Å²) in [7, 11) is 0. The van der Waals surface area contributed by atoms with Gasteiger partial charge in [0.1, 0.15) is 0 Å². The fraction of sp³-hybridized carbons (Fsp3) is 0.200. The topological polar surface area (TPSA) is 67.6 Å². The minimum absolute atomic E-state index is 0.241. The van der Waals surface area contributed by atoms with Crippen molar-refractivity contribution in [2.45, 2.75) is 12.5 Å². The van der Waals surface area contributed by atoms with E-state index in [0.29, 0.717) is 22.2 Å². The molecule has 0 radical (unpaired) electrons. The number of nitrogens with two attached hydrogens (primary N) is 1. The molecule has 3 N–H and O–H groups in total. The number of aromatic amines is 1. The van der Waals surface area contributed by atoms with Crippen LogP contribution in [0, 0.1) is 0 Å². The highest BCUT2D eigenvalue weighted by atomic mass is 35.5. The van der Waals surface area contributed by atoms with Crippen molar-refractivity contribution in [3.8, 4) is 0 Å². The first kappa shape index (κ1) is 11.4. The molecule has 0 aliphatic heterocycles. The van der Waals surface area contributed by atoms with Gasteiger partial charge in [0.15, 0.2) is 0 Å². The van der Waals surface area contributed by atoms with E-state index in [0.717, 1.165) is 5.56 Å². The van der Waals surface area contributed by atoms with Crippen LogP contribution in [0.4, 0.5) is 0 Å². The molecule has 1 aromatic heterocycles. The molecule has 0 bridgehead atoms. The van der Waals surface area contributed by atoms with Crippen molar-refractivity contribution < 1.29 is 0 Å². The number of nitrogens with zero attached hydrogens (tertiary/aromatic N) is 2. The molecule has 1 atom stereocenters. The zero-order valence-electron chi connectivity index (χ0n) is 8.32. The summed E-state index contributed by atoms with van der Waals surface area (Å²) in [4.78, 5) is 0. The first-order chi connectivity index (χ1) is 7.66. The van der Waals surface area contributed by atoms with Crippen LogP contribution in [0.3, 0.4) is 0 Å². The number of nitrogens with one attached hydrogen (secondary N) is 1. The number of H-pyrrole nitrogens is 1. The van der Waals surface area contributed by atoms with Crippen LogP contribution in [0.5, 0.6) is 0 Å². The van der Waals surface area contributed by atoms with Crippen LogP contribution in [0.25, 0.3) is 0 Å². The molecule has 16 heavy (non-hydrogen) atoms. The average Bonchev–Trinajstić information content (AvgIpc) is 2.76. The summed E-state index contributed by atoms with van der Waals surface area (Å²) in [5.74, 6) is 0. The minimum atomic E-state index is -0.241. The summed E-state index contributed by atoms with van der Waals surface area (Å²) >= 11 is 11.9. The molecule has 0 amide bonds. The summed E-state index contributed by atoms with van der Waals surface area (Å²) < 4.78 is 0. The van der Waals surface area contributed by atoms with E-state index in [-0.39, 0.29) is 6.04 Å². The Hall–Kier alpha value is -1.10. The SMILES string of the molecule is NC(Cc1cc(Cl)ccc1Cl)c1cn[nH]n1. The molecule has 2 aromatic rings. The molecule has 0 saturated carbocycles. The molecule has 1 heterocycles. The second-order valence-corrected chi connectivity index (χ2v) is 4.28. The third kappa shape index (κ3) is 2.52. The van der Waals surface area contributed by atoms with Crippen LogP contribution in [0.2, 0.25) is 10.0 Å². The second-order valence-electron chi connectivity index (χ2n) is 3.44. The van der Waals surface area contributed by atoms with Gasteiger partial charge in [0.05, 0.1) is 17.9 Å². The third-order valence-electron chi connectivity index (χ3n) is 2.26. The van der Waals surface area contributed by atoms with Crippen molar-refractivity contribution >= 4 is 23.2 Å². The van der Waals surface area contributed by atoms with E-state index in [1.807, 2.05) is 6.07 Å². The van der Waals surface area contributed by atoms with Crippen molar-refractivity contribution in [2.75, 3.05) is 0 Å². The summed E-state index contributed by atoms with van der Waals surface area (Å²) in [5.41, 5.74) is 7.58. The molecule has 2 rings (SSSR count). The van der Waals surface area contributed by atoms with Crippen LogP contribution < -0.4 is 5.73 Å². The fourth-order valence-electron chi connectivity index (χ4n) is 1.43. The summed E-state index contributed by atoms with van der Waals surface area (Å²) in [6, 6.07) is 5.07. The first-order valence-electron chi connectivity index (χ1n) is 4.72. The fourth-order valence-corrected chi connectivity index (χ4v) is 1.82. The minimum Gasteiger partial charge on any atom is -0.322 e. The van der Waals surface area contributed by atoms with Gasteiger partial charge < -0.3 is 5.73 Å². The highest BCUT2D eigenvalue weighted by Gasteiger charge is 2.12. The van der Waals surface area contributed by atoms with E-state index in [2.05, 4.69) is 15.4 Å². The molecule has 0 saturated heterocycles. The Kier molecular flexibility index (Phi) is 3.43. The van der Waals surface area contributed by atoms with E-state index < -0.39 is 0 Å². The summed E-state index contributed by atoms with van der Waals surface area (Å²) in [6.45, 7) is 0. The van der Waals surface area contributed by atoms with E-state index >= 15 is 0 Å². The van der Waals surface area contributed by atoms with Gasteiger partial charge in [-0.1, -0.05) is 23.2 Å². The normalized spacial score (nSPS) is 12.7.